The number of primary amides is 1. The number of hydrogen-bond acceptors (Lipinski definition) is 3. The van der Waals surface area contributed by atoms with Gasteiger partial charge in [-0.15, -0.1) is 0 Å². The molecule has 4 N–H and O–H groups in total. The molecule has 4 nitrogen and oxygen atoms in total. The molecule has 20 heavy (non-hydrogen) atoms. The smallest absolute Gasteiger partial charge is 0.204 e. The van der Waals surface area contributed by atoms with Gasteiger partial charge in [0.2, 0.25) is 6.41 Å². The van der Waals surface area contributed by atoms with Crippen molar-refractivity contribution in [1.82, 2.24) is 4.98 Å². The molecule has 1 heterocycles. The number of carbonyl (C=O) groups is 1. The van der Waals surface area contributed by atoms with Crippen LogP contribution in [0.5, 0.6) is 0 Å². The van der Waals surface area contributed by atoms with Gasteiger partial charge in [0, 0.05) is 11.6 Å². The van der Waals surface area contributed by atoms with Crippen LogP contribution in [0, 0.1) is 0 Å². The molecule has 4 heteroatoms. The Bertz CT molecular complexity index is 595. The zero-order valence-corrected chi connectivity index (χ0v) is 11.0. The number of pyridine rings is 1. The maximum atomic E-state index is 8.58. The van der Waals surface area contributed by atoms with Gasteiger partial charge in [0.15, 0.2) is 0 Å². The zero-order chi connectivity index (χ0) is 14.6. The van der Waals surface area contributed by atoms with E-state index in [1.165, 1.54) is 0 Å². The molecule has 1 amide bonds. The topological polar surface area (TPSA) is 82.0 Å². The number of nitrogens with two attached hydrogens (primary N) is 2. The Labute approximate surface area is 118 Å². The highest BCUT2D eigenvalue weighted by Gasteiger charge is 1.94. The second kappa shape index (κ2) is 9.10. The monoisotopic (exact) mass is 267 g/mol. The lowest BCUT2D eigenvalue weighted by molar-refractivity contribution is -0.106. The van der Waals surface area contributed by atoms with Gasteiger partial charge in [-0.2, -0.15) is 0 Å². The van der Waals surface area contributed by atoms with Crippen LogP contribution in [-0.4, -0.2) is 11.4 Å². The molecule has 0 aliphatic heterocycles. The Hall–Kier alpha value is -2.88. The minimum atomic E-state index is 0.250. The molecule has 0 aliphatic carbocycles. The normalized spacial score (nSPS) is 8.60. The van der Waals surface area contributed by atoms with E-state index in [4.69, 9.17) is 10.5 Å². The summed E-state index contributed by atoms with van der Waals surface area (Å²) in [5.41, 5.74) is 11.5. The standard InChI is InChI=1S/C9H8N2.C6H6.CH3NO/c10-8-5-1-3-7-4-2-6-11-9(7)8;1-2-4-6-5-3-1;2-1-3/h1-6H,10H2;1-6H;1H,(H2,2,3). The number of benzene rings is 2. The number of anilines is 1. The molecule has 0 saturated heterocycles. The lowest BCUT2D eigenvalue weighted by Gasteiger charge is -1.97. The van der Waals surface area contributed by atoms with E-state index in [2.05, 4.69) is 10.7 Å². The van der Waals surface area contributed by atoms with Crippen molar-refractivity contribution < 1.29 is 4.79 Å². The Morgan fingerprint density at radius 3 is 1.85 bits per heavy atom. The van der Waals surface area contributed by atoms with Crippen LogP contribution in [0.2, 0.25) is 0 Å². The Morgan fingerprint density at radius 1 is 0.850 bits per heavy atom. The fourth-order valence-corrected chi connectivity index (χ4v) is 1.51. The van der Waals surface area contributed by atoms with E-state index in [-0.39, 0.29) is 6.41 Å². The van der Waals surface area contributed by atoms with E-state index in [0.717, 1.165) is 16.6 Å². The number of rotatable bonds is 0. The van der Waals surface area contributed by atoms with Crippen molar-refractivity contribution in [2.75, 3.05) is 5.73 Å². The first-order valence-corrected chi connectivity index (χ1v) is 6.04. The first-order valence-electron chi connectivity index (χ1n) is 6.04. The summed E-state index contributed by atoms with van der Waals surface area (Å²) in [6.07, 6.45) is 2.00. The molecule has 2 aromatic carbocycles. The summed E-state index contributed by atoms with van der Waals surface area (Å²) in [5, 5.41) is 1.09. The van der Waals surface area contributed by atoms with Crippen molar-refractivity contribution in [2.24, 2.45) is 5.73 Å². The highest BCUT2D eigenvalue weighted by molar-refractivity contribution is 5.88. The molecular formula is C16H17N3O. The number of aromatic nitrogens is 1. The predicted molar refractivity (Wildman–Crippen MR) is 82.8 cm³/mol. The largest absolute Gasteiger partial charge is 0.397 e. The third-order valence-corrected chi connectivity index (χ3v) is 2.33. The fraction of sp³-hybridized carbons (Fsp3) is 0. The number of hydrogen-bond donors (Lipinski definition) is 2. The maximum Gasteiger partial charge on any atom is 0.204 e. The molecule has 0 fully saturated rings. The minimum Gasteiger partial charge on any atom is -0.397 e. The summed E-state index contributed by atoms with van der Waals surface area (Å²) >= 11 is 0. The van der Waals surface area contributed by atoms with Gasteiger partial charge in [0.05, 0.1) is 11.2 Å². The van der Waals surface area contributed by atoms with E-state index in [0.29, 0.717) is 0 Å². The van der Waals surface area contributed by atoms with Crippen molar-refractivity contribution in [2.45, 2.75) is 0 Å². The van der Waals surface area contributed by atoms with Gasteiger partial charge < -0.3 is 11.5 Å². The molecular weight excluding hydrogens is 250 g/mol. The van der Waals surface area contributed by atoms with Crippen LogP contribution >= 0.6 is 0 Å². The second-order valence-electron chi connectivity index (χ2n) is 3.71. The van der Waals surface area contributed by atoms with E-state index < -0.39 is 0 Å². The van der Waals surface area contributed by atoms with E-state index >= 15 is 0 Å². The van der Waals surface area contributed by atoms with Gasteiger partial charge in [0.1, 0.15) is 0 Å². The van der Waals surface area contributed by atoms with Crippen molar-refractivity contribution >= 4 is 23.0 Å². The Morgan fingerprint density at radius 2 is 1.35 bits per heavy atom. The average Bonchev–Trinajstić information content (AvgIpc) is 2.51. The molecule has 0 bridgehead atoms. The van der Waals surface area contributed by atoms with Crippen LogP contribution in [0.4, 0.5) is 5.69 Å². The van der Waals surface area contributed by atoms with E-state index in [9.17, 15) is 0 Å². The van der Waals surface area contributed by atoms with Crippen molar-refractivity contribution in [3.63, 3.8) is 0 Å². The summed E-state index contributed by atoms with van der Waals surface area (Å²) in [7, 11) is 0. The summed E-state index contributed by atoms with van der Waals surface area (Å²) in [5.74, 6) is 0. The molecule has 0 saturated carbocycles. The van der Waals surface area contributed by atoms with Crippen molar-refractivity contribution in [3.05, 3.63) is 72.9 Å². The average molecular weight is 267 g/mol. The zero-order valence-electron chi connectivity index (χ0n) is 11.0. The number of amides is 1. The van der Waals surface area contributed by atoms with E-state index in [1.807, 2.05) is 66.7 Å². The van der Waals surface area contributed by atoms with Gasteiger partial charge in [-0.25, -0.2) is 0 Å². The molecule has 0 aliphatic rings. The second-order valence-corrected chi connectivity index (χ2v) is 3.71. The molecule has 1 aromatic heterocycles. The van der Waals surface area contributed by atoms with Crippen LogP contribution in [0.15, 0.2) is 72.9 Å². The minimum absolute atomic E-state index is 0.250. The molecule has 0 spiro atoms. The van der Waals surface area contributed by atoms with Gasteiger partial charge in [-0.05, 0) is 12.1 Å². The highest BCUT2D eigenvalue weighted by atomic mass is 16.1. The summed E-state index contributed by atoms with van der Waals surface area (Å²) in [4.78, 5) is 12.7. The lowest BCUT2D eigenvalue weighted by atomic mass is 10.2. The van der Waals surface area contributed by atoms with Gasteiger partial charge >= 0.3 is 0 Å². The first-order chi connectivity index (χ1) is 9.79. The Kier molecular flexibility index (Phi) is 6.91. The van der Waals surface area contributed by atoms with Crippen molar-refractivity contribution in [3.8, 4) is 0 Å². The van der Waals surface area contributed by atoms with Crippen LogP contribution in [0.3, 0.4) is 0 Å². The molecule has 0 radical (unpaired) electrons. The number of carbonyl (C=O) groups excluding carboxylic acids is 1. The highest BCUT2D eigenvalue weighted by Crippen LogP contribution is 2.16. The van der Waals surface area contributed by atoms with Crippen LogP contribution < -0.4 is 11.5 Å². The SMILES string of the molecule is NC=O.Nc1cccc2cccnc12.c1ccccc1. The van der Waals surface area contributed by atoms with Gasteiger partial charge in [0.25, 0.3) is 0 Å². The molecule has 102 valence electrons. The summed E-state index contributed by atoms with van der Waals surface area (Å²) < 4.78 is 0. The molecule has 0 unspecified atom stereocenters. The number of fused-ring (bicyclic) bond motifs is 1. The quantitative estimate of drug-likeness (QED) is 0.485. The number of para-hydroxylation sites is 1. The summed E-state index contributed by atoms with van der Waals surface area (Å²) in [6, 6.07) is 21.7. The van der Waals surface area contributed by atoms with Gasteiger partial charge in [-0.3, -0.25) is 9.78 Å². The third kappa shape index (κ3) is 5.18. The maximum absolute atomic E-state index is 8.58. The Balaban J connectivity index is 0.000000188. The summed E-state index contributed by atoms with van der Waals surface area (Å²) in [6.45, 7) is 0. The number of nitrogens with zero attached hydrogens (tertiary/aromatic N) is 1. The molecule has 3 rings (SSSR count). The molecule has 3 aromatic rings. The fourth-order valence-electron chi connectivity index (χ4n) is 1.51. The van der Waals surface area contributed by atoms with Crippen molar-refractivity contribution in [1.29, 1.82) is 0 Å². The van der Waals surface area contributed by atoms with E-state index in [1.54, 1.807) is 6.20 Å². The van der Waals surface area contributed by atoms with Crippen LogP contribution in [0.25, 0.3) is 10.9 Å². The predicted octanol–water partition coefficient (Wildman–Crippen LogP) is 2.61. The molecule has 0 atom stereocenters. The lowest BCUT2D eigenvalue weighted by Crippen LogP contribution is -1.87. The van der Waals surface area contributed by atoms with Crippen LogP contribution in [0.1, 0.15) is 0 Å². The first kappa shape index (κ1) is 15.2. The third-order valence-electron chi connectivity index (χ3n) is 2.33. The van der Waals surface area contributed by atoms with Crippen LogP contribution in [-0.2, 0) is 4.79 Å². The number of nitrogen functional groups attached to an aromatic ring is 1. The van der Waals surface area contributed by atoms with Gasteiger partial charge in [-0.1, -0.05) is 54.6 Å².